The van der Waals surface area contributed by atoms with E-state index in [0.717, 1.165) is 0 Å². The third-order valence-corrected chi connectivity index (χ3v) is 1.86. The van der Waals surface area contributed by atoms with Crippen LogP contribution in [0.15, 0.2) is 0 Å². The number of carbonyl (C=O) groups excluding carboxylic acids is 1. The number of carbonyl (C=O) groups is 1. The minimum atomic E-state index is -3.97. The number of rotatable bonds is 4. The molecule has 0 rings (SSSR count). The van der Waals surface area contributed by atoms with Gasteiger partial charge >= 0.3 is 10.3 Å². The maximum atomic E-state index is 10.8. The van der Waals surface area contributed by atoms with Gasteiger partial charge in [0.05, 0.1) is 12.6 Å². The molecule has 1 amide bonds. The third kappa shape index (κ3) is 5.05. The number of hydrogen-bond acceptors (Lipinski definition) is 5. The van der Waals surface area contributed by atoms with E-state index >= 15 is 0 Å². The summed E-state index contributed by atoms with van der Waals surface area (Å²) in [7, 11) is -3.97. The summed E-state index contributed by atoms with van der Waals surface area (Å²) in [5.41, 5.74) is 4.88. The van der Waals surface area contributed by atoms with Crippen molar-refractivity contribution < 1.29 is 17.4 Å². The van der Waals surface area contributed by atoms with Crippen molar-refractivity contribution in [1.82, 2.24) is 4.72 Å². The van der Waals surface area contributed by atoms with Crippen LogP contribution in [0.4, 0.5) is 0 Å². The predicted molar refractivity (Wildman–Crippen MR) is 42.3 cm³/mol. The molecule has 0 saturated heterocycles. The molecule has 72 valence electrons. The molecule has 0 bridgehead atoms. The summed E-state index contributed by atoms with van der Waals surface area (Å²) < 4.78 is 27.6. The number of hydrogen-bond donors (Lipinski definition) is 2. The van der Waals surface area contributed by atoms with E-state index in [-0.39, 0.29) is 6.54 Å². The zero-order chi connectivity index (χ0) is 9.78. The van der Waals surface area contributed by atoms with Gasteiger partial charge in [0.25, 0.3) is 0 Å². The average molecular weight is 196 g/mol. The normalized spacial score (nSPS) is 11.7. The molecule has 0 aliphatic heterocycles. The van der Waals surface area contributed by atoms with Crippen molar-refractivity contribution in [3.05, 3.63) is 0 Å². The maximum Gasteiger partial charge on any atom is 0.362 e. The maximum absolute atomic E-state index is 10.8. The van der Waals surface area contributed by atoms with Gasteiger partial charge in [0.2, 0.25) is 5.91 Å². The number of nitrogens with two attached hydrogens (primary N) is 1. The Morgan fingerprint density at radius 1 is 1.58 bits per heavy atom. The van der Waals surface area contributed by atoms with Crippen LogP contribution in [0.5, 0.6) is 0 Å². The Kier molecular flexibility index (Phi) is 4.15. The molecule has 7 heteroatoms. The lowest BCUT2D eigenvalue weighted by Crippen LogP contribution is -2.37. The molecule has 0 aliphatic rings. The molecule has 3 N–H and O–H groups in total. The molecule has 0 aromatic rings. The van der Waals surface area contributed by atoms with Crippen LogP contribution in [0.25, 0.3) is 0 Å². The van der Waals surface area contributed by atoms with Crippen LogP contribution in [0.2, 0.25) is 0 Å². The Labute approximate surface area is 71.3 Å². The molecule has 0 aliphatic carbocycles. The first-order valence-corrected chi connectivity index (χ1v) is 4.72. The van der Waals surface area contributed by atoms with E-state index in [1.807, 2.05) is 0 Å². The monoisotopic (exact) mass is 196 g/mol. The lowest BCUT2D eigenvalue weighted by atomic mass is 10.5. The topological polar surface area (TPSA) is 98.5 Å². The van der Waals surface area contributed by atoms with Gasteiger partial charge in [-0.25, -0.2) is 4.72 Å². The summed E-state index contributed by atoms with van der Waals surface area (Å²) in [4.78, 5) is 10.5. The Hall–Kier alpha value is -0.660. The Balaban J connectivity index is 4.15. The van der Waals surface area contributed by atoms with Gasteiger partial charge in [-0.15, -0.1) is 0 Å². The van der Waals surface area contributed by atoms with Crippen LogP contribution in [0.1, 0.15) is 13.8 Å². The van der Waals surface area contributed by atoms with E-state index in [1.165, 1.54) is 13.8 Å². The second kappa shape index (κ2) is 4.39. The third-order valence-electron chi connectivity index (χ3n) is 0.743. The summed E-state index contributed by atoms with van der Waals surface area (Å²) in [5.74, 6) is -0.796. The summed E-state index contributed by atoms with van der Waals surface area (Å²) in [6.45, 7) is 2.68. The Bertz CT molecular complexity index is 246. The van der Waals surface area contributed by atoms with Gasteiger partial charge in [-0.05, 0) is 13.8 Å². The van der Waals surface area contributed by atoms with Crippen LogP contribution in [-0.2, 0) is 19.3 Å². The minimum absolute atomic E-state index is 0.388. The molecule has 6 nitrogen and oxygen atoms in total. The fraction of sp³-hybridized carbons (Fsp3) is 0.800. The SMILES string of the molecule is CC(C)OS(=O)(=O)NC(=O)CN. The highest BCUT2D eigenvalue weighted by Crippen LogP contribution is 1.94. The molecule has 0 saturated carbocycles. The molecule has 0 heterocycles. The quantitative estimate of drug-likeness (QED) is 0.584. The summed E-state index contributed by atoms with van der Waals surface area (Å²) in [5, 5.41) is 0. The van der Waals surface area contributed by atoms with E-state index in [9.17, 15) is 13.2 Å². The van der Waals surface area contributed by atoms with Gasteiger partial charge in [-0.3, -0.25) is 8.98 Å². The van der Waals surface area contributed by atoms with E-state index in [2.05, 4.69) is 4.18 Å². The molecule has 12 heavy (non-hydrogen) atoms. The first-order chi connectivity index (χ1) is 5.37. The van der Waals surface area contributed by atoms with E-state index in [0.29, 0.717) is 0 Å². The van der Waals surface area contributed by atoms with E-state index in [1.54, 1.807) is 4.72 Å². The van der Waals surface area contributed by atoms with Crippen molar-refractivity contribution in [2.75, 3.05) is 6.54 Å². The first kappa shape index (κ1) is 11.3. The van der Waals surface area contributed by atoms with Crippen LogP contribution < -0.4 is 10.5 Å². The Morgan fingerprint density at radius 3 is 2.42 bits per heavy atom. The van der Waals surface area contributed by atoms with Crippen molar-refractivity contribution >= 4 is 16.2 Å². The van der Waals surface area contributed by atoms with Gasteiger partial charge in [0.1, 0.15) is 0 Å². The smallest absolute Gasteiger partial charge is 0.322 e. The molecular formula is C5H12N2O4S. The summed E-state index contributed by atoms with van der Waals surface area (Å²) in [6.07, 6.45) is -0.506. The molecule has 0 unspecified atom stereocenters. The van der Waals surface area contributed by atoms with Crippen molar-refractivity contribution in [3.63, 3.8) is 0 Å². The standard InChI is InChI=1S/C5H12N2O4S/c1-4(2)11-12(9,10)7-5(8)3-6/h4H,3,6H2,1-2H3,(H,7,8). The van der Waals surface area contributed by atoms with E-state index < -0.39 is 22.3 Å². The minimum Gasteiger partial charge on any atom is -0.322 e. The van der Waals surface area contributed by atoms with Crippen LogP contribution >= 0.6 is 0 Å². The van der Waals surface area contributed by atoms with Gasteiger partial charge in [-0.2, -0.15) is 8.42 Å². The largest absolute Gasteiger partial charge is 0.362 e. The molecule has 0 aromatic carbocycles. The van der Waals surface area contributed by atoms with Crippen LogP contribution in [0, 0.1) is 0 Å². The highest BCUT2D eigenvalue weighted by atomic mass is 32.2. The molecule has 0 spiro atoms. The van der Waals surface area contributed by atoms with Gasteiger partial charge in [-0.1, -0.05) is 0 Å². The molecular weight excluding hydrogens is 184 g/mol. The average Bonchev–Trinajstić information content (AvgIpc) is 1.83. The first-order valence-electron chi connectivity index (χ1n) is 3.31. The second-order valence-corrected chi connectivity index (χ2v) is 3.63. The lowest BCUT2D eigenvalue weighted by Gasteiger charge is -2.07. The van der Waals surface area contributed by atoms with Crippen molar-refractivity contribution in [3.8, 4) is 0 Å². The van der Waals surface area contributed by atoms with Crippen LogP contribution in [0.3, 0.4) is 0 Å². The van der Waals surface area contributed by atoms with Gasteiger partial charge in [0, 0.05) is 0 Å². The fourth-order valence-electron chi connectivity index (χ4n) is 0.459. The molecule has 0 radical (unpaired) electrons. The number of amides is 1. The molecule has 0 atom stereocenters. The number of nitrogens with one attached hydrogen (secondary N) is 1. The van der Waals surface area contributed by atoms with Gasteiger partial charge in [0.15, 0.2) is 0 Å². The van der Waals surface area contributed by atoms with Crippen molar-refractivity contribution in [2.45, 2.75) is 20.0 Å². The summed E-state index contributed by atoms with van der Waals surface area (Å²) in [6, 6.07) is 0. The highest BCUT2D eigenvalue weighted by molar-refractivity contribution is 7.85. The zero-order valence-corrected chi connectivity index (χ0v) is 7.72. The van der Waals surface area contributed by atoms with Crippen molar-refractivity contribution in [2.24, 2.45) is 5.73 Å². The fourth-order valence-corrected chi connectivity index (χ4v) is 1.38. The van der Waals surface area contributed by atoms with Crippen molar-refractivity contribution in [1.29, 1.82) is 0 Å². The van der Waals surface area contributed by atoms with Gasteiger partial charge < -0.3 is 5.73 Å². The zero-order valence-electron chi connectivity index (χ0n) is 6.90. The Morgan fingerprint density at radius 2 is 2.08 bits per heavy atom. The van der Waals surface area contributed by atoms with E-state index in [4.69, 9.17) is 5.73 Å². The highest BCUT2D eigenvalue weighted by Gasteiger charge is 2.15. The molecule has 0 aromatic heterocycles. The predicted octanol–water partition coefficient (Wildman–Crippen LogP) is -1.27. The summed E-state index contributed by atoms with van der Waals surface area (Å²) >= 11 is 0. The van der Waals surface area contributed by atoms with Crippen LogP contribution in [-0.4, -0.2) is 27.0 Å². The lowest BCUT2D eigenvalue weighted by molar-refractivity contribution is -0.118. The molecule has 0 fully saturated rings. The second-order valence-electron chi connectivity index (χ2n) is 2.33.